The number of rotatable bonds is 6. The first-order valence-corrected chi connectivity index (χ1v) is 8.17. The Morgan fingerprint density at radius 1 is 1.36 bits per heavy atom. The number of carboxylic acid groups (broad SMARTS) is 1. The number of aliphatic carboxylic acids is 1. The molecule has 1 saturated heterocycles. The molecule has 3 amide bonds. The van der Waals surface area contributed by atoms with Gasteiger partial charge in [-0.2, -0.15) is 0 Å². The van der Waals surface area contributed by atoms with E-state index in [4.69, 9.17) is 9.84 Å². The smallest absolute Gasteiger partial charge is 0.330 e. The summed E-state index contributed by atoms with van der Waals surface area (Å²) in [5, 5.41) is 8.96. The highest BCUT2D eigenvalue weighted by atomic mass is 16.5. The van der Waals surface area contributed by atoms with Crippen LogP contribution in [0.25, 0.3) is 0 Å². The quantitative estimate of drug-likeness (QED) is 0.441. The molecule has 1 saturated carbocycles. The third-order valence-corrected chi connectivity index (χ3v) is 4.97. The summed E-state index contributed by atoms with van der Waals surface area (Å²) in [6.07, 6.45) is 1.56. The van der Waals surface area contributed by atoms with E-state index in [9.17, 15) is 19.2 Å². The first kappa shape index (κ1) is 19.0. The minimum absolute atomic E-state index is 0.0217. The molecule has 2 atom stereocenters. The van der Waals surface area contributed by atoms with Crippen LogP contribution in [-0.2, 0) is 19.1 Å². The van der Waals surface area contributed by atoms with Crippen LogP contribution in [0.4, 0.5) is 4.79 Å². The number of ether oxygens (including phenoxy) is 1. The topological polar surface area (TPSA) is 104 Å². The van der Waals surface area contributed by atoms with Gasteiger partial charge < -0.3 is 14.7 Å². The number of carboxylic acids is 1. The van der Waals surface area contributed by atoms with Crippen molar-refractivity contribution in [1.82, 2.24) is 9.80 Å². The molecule has 0 bridgehead atoms. The molecule has 2 fully saturated rings. The van der Waals surface area contributed by atoms with Crippen LogP contribution in [0.5, 0.6) is 0 Å². The lowest BCUT2D eigenvalue weighted by atomic mass is 10.1. The second kappa shape index (κ2) is 6.50. The maximum atomic E-state index is 12.3. The van der Waals surface area contributed by atoms with Gasteiger partial charge in [0.05, 0.1) is 5.92 Å². The molecule has 0 unspecified atom stereocenters. The molecule has 1 aliphatic heterocycles. The highest BCUT2D eigenvalue weighted by Gasteiger charge is 2.61. The molecule has 1 N–H and O–H groups in total. The van der Waals surface area contributed by atoms with E-state index in [2.05, 4.69) is 0 Å². The van der Waals surface area contributed by atoms with Gasteiger partial charge in [-0.3, -0.25) is 9.59 Å². The van der Waals surface area contributed by atoms with Crippen LogP contribution in [0.2, 0.25) is 0 Å². The van der Waals surface area contributed by atoms with Crippen molar-refractivity contribution in [3.63, 3.8) is 0 Å². The maximum Gasteiger partial charge on any atom is 0.330 e. The molecule has 0 radical (unpaired) electrons. The van der Waals surface area contributed by atoms with Crippen molar-refractivity contribution in [2.75, 3.05) is 13.3 Å². The number of carbonyl (C=O) groups excluding carboxylic acids is 3. The van der Waals surface area contributed by atoms with Crippen molar-refractivity contribution >= 4 is 23.9 Å². The van der Waals surface area contributed by atoms with Crippen LogP contribution < -0.4 is 0 Å². The molecular formula is C17H24N2O6. The number of imide groups is 1. The van der Waals surface area contributed by atoms with E-state index in [1.807, 2.05) is 13.8 Å². The second-order valence-electron chi connectivity index (χ2n) is 7.40. The molecule has 1 heterocycles. The predicted molar refractivity (Wildman–Crippen MR) is 87.2 cm³/mol. The Hall–Kier alpha value is -2.38. The number of esters is 1. The average molecular weight is 352 g/mol. The number of hydrogen-bond acceptors (Lipinski definition) is 5. The van der Waals surface area contributed by atoms with Gasteiger partial charge in [-0.1, -0.05) is 19.9 Å². The molecule has 0 spiro atoms. The van der Waals surface area contributed by atoms with Crippen LogP contribution in [0, 0.1) is 17.3 Å². The van der Waals surface area contributed by atoms with Crippen molar-refractivity contribution in [3.8, 4) is 0 Å². The molecule has 2 aliphatic rings. The Labute approximate surface area is 146 Å². The summed E-state index contributed by atoms with van der Waals surface area (Å²) in [6.45, 7) is 8.34. The SMILES string of the molecule is C/C(=C\[C@@H]1[C@H](C(=O)OCN2C(=O)CN(C(C)C)C2=O)C1(C)C)C(=O)O. The Kier molecular flexibility index (Phi) is 4.92. The van der Waals surface area contributed by atoms with Gasteiger partial charge in [0.1, 0.15) is 6.54 Å². The summed E-state index contributed by atoms with van der Waals surface area (Å²) in [6, 6.07) is -0.589. The Balaban J connectivity index is 1.97. The number of amides is 3. The minimum atomic E-state index is -1.03. The Morgan fingerprint density at radius 3 is 2.44 bits per heavy atom. The predicted octanol–water partition coefficient (Wildman–Crippen LogP) is 1.46. The molecule has 8 heteroatoms. The molecule has 138 valence electrons. The molecule has 8 nitrogen and oxygen atoms in total. The summed E-state index contributed by atoms with van der Waals surface area (Å²) in [5.74, 6) is -2.70. The average Bonchev–Trinajstić information content (AvgIpc) is 2.90. The first-order valence-electron chi connectivity index (χ1n) is 8.17. The lowest BCUT2D eigenvalue weighted by Crippen LogP contribution is -2.38. The van der Waals surface area contributed by atoms with E-state index < -0.39 is 41.9 Å². The van der Waals surface area contributed by atoms with Gasteiger partial charge in [0.15, 0.2) is 6.73 Å². The summed E-state index contributed by atoms with van der Waals surface area (Å²) in [4.78, 5) is 49.6. The normalized spacial score (nSPS) is 25.6. The van der Waals surface area contributed by atoms with Gasteiger partial charge in [-0.05, 0) is 32.1 Å². The van der Waals surface area contributed by atoms with Gasteiger partial charge in [0.25, 0.3) is 5.91 Å². The van der Waals surface area contributed by atoms with Crippen LogP contribution in [-0.4, -0.2) is 58.1 Å². The van der Waals surface area contributed by atoms with Gasteiger partial charge >= 0.3 is 18.0 Å². The van der Waals surface area contributed by atoms with Crippen molar-refractivity contribution < 1.29 is 29.0 Å². The van der Waals surface area contributed by atoms with E-state index in [1.54, 1.807) is 19.9 Å². The van der Waals surface area contributed by atoms with E-state index in [-0.39, 0.29) is 24.1 Å². The van der Waals surface area contributed by atoms with E-state index in [1.165, 1.54) is 11.8 Å². The van der Waals surface area contributed by atoms with Crippen LogP contribution in [0.15, 0.2) is 11.6 Å². The molecule has 1 aliphatic carbocycles. The second-order valence-corrected chi connectivity index (χ2v) is 7.40. The van der Waals surface area contributed by atoms with Crippen molar-refractivity contribution in [2.24, 2.45) is 17.3 Å². The van der Waals surface area contributed by atoms with Gasteiger partial charge in [0.2, 0.25) is 0 Å². The lowest BCUT2D eigenvalue weighted by molar-refractivity contribution is -0.151. The van der Waals surface area contributed by atoms with E-state index >= 15 is 0 Å². The third kappa shape index (κ3) is 3.52. The maximum absolute atomic E-state index is 12.3. The largest absolute Gasteiger partial charge is 0.478 e. The number of nitrogens with zero attached hydrogens (tertiary/aromatic N) is 2. The summed E-state index contributed by atoms with van der Waals surface area (Å²) in [5.41, 5.74) is -0.248. The van der Waals surface area contributed by atoms with Gasteiger partial charge in [-0.15, -0.1) is 0 Å². The van der Waals surface area contributed by atoms with E-state index in [0.29, 0.717) is 0 Å². The van der Waals surface area contributed by atoms with Crippen LogP contribution in [0.1, 0.15) is 34.6 Å². The zero-order valence-electron chi connectivity index (χ0n) is 15.1. The standard InChI is InChI=1S/C17H24N2O6/c1-9(2)18-7-12(20)19(16(18)24)8-25-15(23)13-11(17(13,4)5)6-10(3)14(21)22/h6,9,11,13H,7-8H2,1-5H3,(H,21,22)/b10-6+/t11-,13-/m1/s1. The van der Waals surface area contributed by atoms with Crippen LogP contribution in [0.3, 0.4) is 0 Å². The van der Waals surface area contributed by atoms with Crippen molar-refractivity contribution in [2.45, 2.75) is 40.7 Å². The third-order valence-electron chi connectivity index (χ3n) is 4.97. The minimum Gasteiger partial charge on any atom is -0.478 e. The monoisotopic (exact) mass is 352 g/mol. The molecule has 0 aromatic carbocycles. The summed E-state index contributed by atoms with van der Waals surface area (Å²) >= 11 is 0. The lowest BCUT2D eigenvalue weighted by Gasteiger charge is -2.20. The molecular weight excluding hydrogens is 328 g/mol. The van der Waals surface area contributed by atoms with Crippen LogP contribution >= 0.6 is 0 Å². The highest BCUT2D eigenvalue weighted by molar-refractivity contribution is 6.02. The molecule has 25 heavy (non-hydrogen) atoms. The number of hydrogen-bond donors (Lipinski definition) is 1. The van der Waals surface area contributed by atoms with Gasteiger partial charge in [-0.25, -0.2) is 14.5 Å². The fourth-order valence-corrected chi connectivity index (χ4v) is 3.09. The van der Waals surface area contributed by atoms with E-state index in [0.717, 1.165) is 4.90 Å². The number of allylic oxidation sites excluding steroid dienone is 1. The Morgan fingerprint density at radius 2 is 1.96 bits per heavy atom. The number of urea groups is 1. The van der Waals surface area contributed by atoms with Crippen molar-refractivity contribution in [3.05, 3.63) is 11.6 Å². The fourth-order valence-electron chi connectivity index (χ4n) is 3.09. The molecule has 0 aromatic rings. The summed E-state index contributed by atoms with van der Waals surface area (Å²) < 4.78 is 5.17. The first-order chi connectivity index (χ1) is 11.5. The molecule has 2 rings (SSSR count). The Bertz CT molecular complexity index is 652. The summed E-state index contributed by atoms with van der Waals surface area (Å²) in [7, 11) is 0. The fraction of sp³-hybridized carbons (Fsp3) is 0.647. The zero-order valence-corrected chi connectivity index (χ0v) is 15.1. The van der Waals surface area contributed by atoms with Crippen molar-refractivity contribution in [1.29, 1.82) is 0 Å². The highest BCUT2D eigenvalue weighted by Crippen LogP contribution is 2.59. The van der Waals surface area contributed by atoms with Gasteiger partial charge in [0, 0.05) is 11.6 Å². The number of carbonyl (C=O) groups is 4. The zero-order chi connectivity index (χ0) is 19.1. The molecule has 0 aromatic heterocycles.